The third-order valence-electron chi connectivity index (χ3n) is 3.43. The minimum atomic E-state index is -0.656. The van der Waals surface area contributed by atoms with Crippen LogP contribution < -0.4 is 14.8 Å². The number of anilines is 2. The number of fused-ring (bicyclic) bond motifs is 1. The molecule has 3 aromatic rings. The minimum Gasteiger partial charge on any atom is -0.493 e. The molecule has 0 amide bonds. The topological polar surface area (TPSA) is 56.3 Å². The van der Waals surface area contributed by atoms with Crippen LogP contribution in [0.15, 0.2) is 30.6 Å². The number of halogens is 3. The molecule has 0 saturated carbocycles. The molecule has 0 radical (unpaired) electrons. The molecule has 0 aliphatic heterocycles. The van der Waals surface area contributed by atoms with E-state index in [-0.39, 0.29) is 15.7 Å². The predicted molar refractivity (Wildman–Crippen MR) is 92.3 cm³/mol. The largest absolute Gasteiger partial charge is 0.493 e. The highest BCUT2D eigenvalue weighted by Crippen LogP contribution is 2.36. The highest BCUT2D eigenvalue weighted by atomic mass is 35.5. The van der Waals surface area contributed by atoms with Crippen molar-refractivity contribution in [1.82, 2.24) is 9.97 Å². The van der Waals surface area contributed by atoms with E-state index in [1.165, 1.54) is 32.7 Å². The van der Waals surface area contributed by atoms with Gasteiger partial charge in [-0.15, -0.1) is 0 Å². The monoisotopic (exact) mass is 367 g/mol. The van der Waals surface area contributed by atoms with Gasteiger partial charge in [-0.3, -0.25) is 0 Å². The smallest absolute Gasteiger partial charge is 0.166 e. The molecule has 0 bridgehead atoms. The average Bonchev–Trinajstić information content (AvgIpc) is 2.61. The van der Waals surface area contributed by atoms with Gasteiger partial charge < -0.3 is 14.8 Å². The number of ether oxygens (including phenoxy) is 2. The molecule has 5 nitrogen and oxygen atoms in total. The molecule has 8 heteroatoms. The quantitative estimate of drug-likeness (QED) is 0.668. The Morgan fingerprint density at radius 3 is 2.46 bits per heavy atom. The van der Waals surface area contributed by atoms with Gasteiger partial charge in [0.15, 0.2) is 17.3 Å². The molecule has 0 aliphatic rings. The SMILES string of the molecule is COc1cc2ncnc(Nc3ccc(Cl)c(Cl)c3F)c2cc1OC. The number of nitrogens with zero attached hydrogens (tertiary/aromatic N) is 2. The van der Waals surface area contributed by atoms with Crippen LogP contribution in [-0.4, -0.2) is 24.2 Å². The first-order valence-electron chi connectivity index (χ1n) is 6.82. The van der Waals surface area contributed by atoms with Crippen molar-refractivity contribution in [1.29, 1.82) is 0 Å². The lowest BCUT2D eigenvalue weighted by molar-refractivity contribution is 0.356. The highest BCUT2D eigenvalue weighted by molar-refractivity contribution is 6.42. The van der Waals surface area contributed by atoms with Crippen LogP contribution in [0.4, 0.5) is 15.9 Å². The zero-order chi connectivity index (χ0) is 17.3. The summed E-state index contributed by atoms with van der Waals surface area (Å²) in [6, 6.07) is 6.42. The fourth-order valence-electron chi connectivity index (χ4n) is 2.23. The van der Waals surface area contributed by atoms with E-state index in [1.807, 2.05) is 0 Å². The standard InChI is InChI=1S/C16H12Cl2FN3O2/c1-23-12-5-8-11(6-13(12)24-2)20-7-21-16(8)22-10-4-3-9(17)14(18)15(10)19/h3-7H,1-2H3,(H,20,21,22). The fraction of sp³-hybridized carbons (Fsp3) is 0.125. The molecule has 1 N–H and O–H groups in total. The maximum atomic E-state index is 14.2. The molecule has 3 rings (SSSR count). The molecule has 0 fully saturated rings. The number of hydrogen-bond acceptors (Lipinski definition) is 5. The van der Waals surface area contributed by atoms with Gasteiger partial charge in [0.2, 0.25) is 0 Å². The van der Waals surface area contributed by atoms with E-state index in [2.05, 4.69) is 15.3 Å². The minimum absolute atomic E-state index is 0.138. The highest BCUT2D eigenvalue weighted by Gasteiger charge is 2.14. The summed E-state index contributed by atoms with van der Waals surface area (Å²) in [5, 5.41) is 3.53. The van der Waals surface area contributed by atoms with Crippen LogP contribution in [0.5, 0.6) is 11.5 Å². The van der Waals surface area contributed by atoms with Crippen molar-refractivity contribution in [2.24, 2.45) is 0 Å². The first-order valence-corrected chi connectivity index (χ1v) is 7.58. The van der Waals surface area contributed by atoms with Crippen molar-refractivity contribution in [2.75, 3.05) is 19.5 Å². The number of hydrogen-bond donors (Lipinski definition) is 1. The summed E-state index contributed by atoms with van der Waals surface area (Å²) in [5.41, 5.74) is 0.768. The number of methoxy groups -OCH3 is 2. The molecule has 124 valence electrons. The van der Waals surface area contributed by atoms with Gasteiger partial charge in [-0.05, 0) is 18.2 Å². The molecule has 0 aliphatic carbocycles. The molecule has 1 heterocycles. The third kappa shape index (κ3) is 2.90. The summed E-state index contributed by atoms with van der Waals surface area (Å²) in [4.78, 5) is 8.36. The van der Waals surface area contributed by atoms with Crippen molar-refractivity contribution in [2.45, 2.75) is 0 Å². The average molecular weight is 368 g/mol. The Kier molecular flexibility index (Phi) is 4.59. The van der Waals surface area contributed by atoms with E-state index in [4.69, 9.17) is 32.7 Å². The molecule has 0 saturated heterocycles. The van der Waals surface area contributed by atoms with Crippen molar-refractivity contribution < 1.29 is 13.9 Å². The summed E-state index contributed by atoms with van der Waals surface area (Å²) in [6.45, 7) is 0. The van der Waals surface area contributed by atoms with Crippen LogP contribution in [0.2, 0.25) is 10.0 Å². The van der Waals surface area contributed by atoms with Crippen LogP contribution in [0.1, 0.15) is 0 Å². The molecule has 2 aromatic carbocycles. The molecule has 24 heavy (non-hydrogen) atoms. The van der Waals surface area contributed by atoms with E-state index < -0.39 is 5.82 Å². The van der Waals surface area contributed by atoms with Crippen molar-refractivity contribution in [3.63, 3.8) is 0 Å². The van der Waals surface area contributed by atoms with E-state index in [1.54, 1.807) is 12.1 Å². The third-order valence-corrected chi connectivity index (χ3v) is 4.21. The molecule has 1 aromatic heterocycles. The van der Waals surface area contributed by atoms with Crippen LogP contribution in [0.25, 0.3) is 10.9 Å². The Hall–Kier alpha value is -2.31. The number of aromatic nitrogens is 2. The Morgan fingerprint density at radius 2 is 1.75 bits per heavy atom. The van der Waals surface area contributed by atoms with Crippen molar-refractivity contribution in [3.8, 4) is 11.5 Å². The van der Waals surface area contributed by atoms with Gasteiger partial charge in [-0.1, -0.05) is 23.2 Å². The van der Waals surface area contributed by atoms with Crippen LogP contribution in [0.3, 0.4) is 0 Å². The van der Waals surface area contributed by atoms with E-state index in [0.29, 0.717) is 28.2 Å². The summed E-state index contributed by atoms with van der Waals surface area (Å²) in [5.74, 6) is 0.794. The second-order valence-electron chi connectivity index (χ2n) is 4.79. The zero-order valence-corrected chi connectivity index (χ0v) is 14.2. The zero-order valence-electron chi connectivity index (χ0n) is 12.7. The van der Waals surface area contributed by atoms with Gasteiger partial charge in [0.25, 0.3) is 0 Å². The first kappa shape index (κ1) is 16.5. The van der Waals surface area contributed by atoms with Crippen molar-refractivity contribution in [3.05, 3.63) is 46.5 Å². The van der Waals surface area contributed by atoms with Gasteiger partial charge in [-0.2, -0.15) is 0 Å². The number of rotatable bonds is 4. The lowest BCUT2D eigenvalue weighted by atomic mass is 10.2. The van der Waals surface area contributed by atoms with E-state index in [0.717, 1.165) is 0 Å². The Morgan fingerprint density at radius 1 is 1.04 bits per heavy atom. The lowest BCUT2D eigenvalue weighted by Crippen LogP contribution is -2.00. The summed E-state index contributed by atoms with van der Waals surface area (Å²) < 4.78 is 24.8. The van der Waals surface area contributed by atoms with E-state index in [9.17, 15) is 4.39 Å². The number of benzene rings is 2. The second-order valence-corrected chi connectivity index (χ2v) is 5.58. The summed E-state index contributed by atoms with van der Waals surface area (Å²) >= 11 is 11.6. The lowest BCUT2D eigenvalue weighted by Gasteiger charge is -2.13. The maximum absolute atomic E-state index is 14.2. The normalized spacial score (nSPS) is 10.7. The van der Waals surface area contributed by atoms with E-state index >= 15 is 0 Å². The molecule has 0 unspecified atom stereocenters. The summed E-state index contributed by atoms with van der Waals surface area (Å²) in [7, 11) is 3.06. The second kappa shape index (κ2) is 6.67. The predicted octanol–water partition coefficient (Wildman–Crippen LogP) is 4.84. The fourth-order valence-corrected chi connectivity index (χ4v) is 2.54. The first-order chi connectivity index (χ1) is 11.5. The van der Waals surface area contributed by atoms with Crippen LogP contribution >= 0.6 is 23.2 Å². The Balaban J connectivity index is 2.12. The maximum Gasteiger partial charge on any atom is 0.166 e. The van der Waals surface area contributed by atoms with Gasteiger partial charge in [0, 0.05) is 11.5 Å². The van der Waals surface area contributed by atoms with Crippen LogP contribution in [0, 0.1) is 5.82 Å². The van der Waals surface area contributed by atoms with Gasteiger partial charge in [0.1, 0.15) is 12.1 Å². The van der Waals surface area contributed by atoms with Crippen molar-refractivity contribution >= 4 is 45.6 Å². The summed E-state index contributed by atoms with van der Waals surface area (Å²) in [6.07, 6.45) is 1.37. The van der Waals surface area contributed by atoms with Gasteiger partial charge >= 0.3 is 0 Å². The molecule has 0 atom stereocenters. The number of nitrogens with one attached hydrogen (secondary N) is 1. The molecule has 0 spiro atoms. The Labute approximate surface area is 147 Å². The van der Waals surface area contributed by atoms with Gasteiger partial charge in [0.05, 0.1) is 35.5 Å². The molecular formula is C16H12Cl2FN3O2. The molecular weight excluding hydrogens is 356 g/mol. The van der Waals surface area contributed by atoms with Crippen LogP contribution in [-0.2, 0) is 0 Å². The van der Waals surface area contributed by atoms with Gasteiger partial charge in [-0.25, -0.2) is 14.4 Å². The Bertz CT molecular complexity index is 921.